The van der Waals surface area contributed by atoms with Gasteiger partial charge in [-0.05, 0) is 51.4 Å². The largest absolute Gasteiger partial charge is 0.469 e. The van der Waals surface area contributed by atoms with Crippen molar-refractivity contribution < 1.29 is 42.9 Å². The Hall–Kier alpha value is -2.16. The van der Waals surface area contributed by atoms with Crippen LogP contribution in [0.2, 0.25) is 0 Å². The highest BCUT2D eigenvalue weighted by Gasteiger charge is 2.30. The summed E-state index contributed by atoms with van der Waals surface area (Å²) in [5.41, 5.74) is 0. The van der Waals surface area contributed by atoms with Gasteiger partial charge in [0.05, 0.1) is 51.1 Å². The summed E-state index contributed by atoms with van der Waals surface area (Å²) in [6.45, 7) is 0.735. The van der Waals surface area contributed by atoms with E-state index in [2.05, 4.69) is 0 Å². The molecule has 0 aromatic heterocycles. The third-order valence-corrected chi connectivity index (χ3v) is 6.62. The van der Waals surface area contributed by atoms with Gasteiger partial charge in [-0.2, -0.15) is 0 Å². The summed E-state index contributed by atoms with van der Waals surface area (Å²) < 4.78 is 25.6. The molecule has 0 bridgehead atoms. The Balaban J connectivity index is 1.53. The number of rotatable bonds is 10. The zero-order chi connectivity index (χ0) is 24.1. The van der Waals surface area contributed by atoms with Crippen LogP contribution in [0.15, 0.2) is 0 Å². The monoisotopic (exact) mass is 470 g/mol. The highest BCUT2D eigenvalue weighted by molar-refractivity contribution is 5.75. The highest BCUT2D eigenvalue weighted by Crippen LogP contribution is 2.30. The lowest BCUT2D eigenvalue weighted by Crippen LogP contribution is -2.22. The summed E-state index contributed by atoms with van der Waals surface area (Å²) in [6.07, 6.45) is 7.02. The van der Waals surface area contributed by atoms with Crippen molar-refractivity contribution in [2.24, 2.45) is 23.7 Å². The van der Waals surface area contributed by atoms with Gasteiger partial charge in [-0.25, -0.2) is 0 Å². The molecule has 188 valence electrons. The van der Waals surface area contributed by atoms with Gasteiger partial charge in [-0.3, -0.25) is 19.2 Å². The molecule has 0 amide bonds. The molecule has 0 unspecified atom stereocenters. The molecule has 0 radical (unpaired) electrons. The van der Waals surface area contributed by atoms with Crippen LogP contribution in [0.5, 0.6) is 0 Å². The molecule has 0 spiro atoms. The van der Waals surface area contributed by atoms with Gasteiger partial charge in [-0.1, -0.05) is 12.8 Å². The maximum atomic E-state index is 12.3. The molecule has 2 rings (SSSR count). The van der Waals surface area contributed by atoms with Crippen molar-refractivity contribution in [3.05, 3.63) is 0 Å². The lowest BCUT2D eigenvalue weighted by Gasteiger charge is -2.15. The van der Waals surface area contributed by atoms with Gasteiger partial charge in [0.15, 0.2) is 0 Å². The van der Waals surface area contributed by atoms with Gasteiger partial charge < -0.3 is 23.7 Å². The molecule has 0 saturated heterocycles. The molecule has 0 aliphatic heterocycles. The van der Waals surface area contributed by atoms with Gasteiger partial charge in [0.25, 0.3) is 0 Å². The topological polar surface area (TPSA) is 114 Å². The predicted octanol–water partition coefficient (Wildman–Crippen LogP) is 2.83. The maximum absolute atomic E-state index is 12.3. The second-order valence-corrected chi connectivity index (χ2v) is 8.80. The Morgan fingerprint density at radius 3 is 1.18 bits per heavy atom. The lowest BCUT2D eigenvalue weighted by atomic mass is 9.98. The molecule has 2 saturated carbocycles. The molecule has 2 fully saturated rings. The van der Waals surface area contributed by atoms with Crippen LogP contribution in [0.4, 0.5) is 0 Å². The number of carbonyl (C=O) groups is 4. The molecular weight excluding hydrogens is 432 g/mol. The van der Waals surface area contributed by atoms with Crippen molar-refractivity contribution in [3.63, 3.8) is 0 Å². The smallest absolute Gasteiger partial charge is 0.309 e. The van der Waals surface area contributed by atoms with E-state index in [1.807, 2.05) is 0 Å². The molecular formula is C24H38O9. The SMILES string of the molecule is COC(=O)[C@@H]1CCC[C@H](C(=O)OCCOCCOC(=O)[C@@H]2CCC[C@H](C(=O)OC)CC2)CC1. The Labute approximate surface area is 195 Å². The van der Waals surface area contributed by atoms with E-state index in [0.717, 1.165) is 25.7 Å². The van der Waals surface area contributed by atoms with Crippen LogP contribution in [0.25, 0.3) is 0 Å². The van der Waals surface area contributed by atoms with E-state index in [1.54, 1.807) is 0 Å². The predicted molar refractivity (Wildman–Crippen MR) is 117 cm³/mol. The van der Waals surface area contributed by atoms with Gasteiger partial charge >= 0.3 is 23.9 Å². The number of methoxy groups -OCH3 is 2. The normalized spacial score (nSPS) is 25.8. The zero-order valence-corrected chi connectivity index (χ0v) is 19.9. The van der Waals surface area contributed by atoms with Crippen molar-refractivity contribution in [2.75, 3.05) is 40.6 Å². The third kappa shape index (κ3) is 9.31. The number of ether oxygens (including phenoxy) is 5. The Morgan fingerprint density at radius 1 is 0.515 bits per heavy atom. The van der Waals surface area contributed by atoms with Crippen LogP contribution in [-0.4, -0.2) is 64.5 Å². The van der Waals surface area contributed by atoms with Crippen LogP contribution in [0, 0.1) is 23.7 Å². The van der Waals surface area contributed by atoms with E-state index in [9.17, 15) is 19.2 Å². The van der Waals surface area contributed by atoms with E-state index >= 15 is 0 Å². The highest BCUT2D eigenvalue weighted by atomic mass is 16.6. The average Bonchev–Trinajstić information content (AvgIpc) is 3.23. The molecule has 0 aromatic carbocycles. The third-order valence-electron chi connectivity index (χ3n) is 6.62. The molecule has 2 aliphatic rings. The minimum Gasteiger partial charge on any atom is -0.469 e. The van der Waals surface area contributed by atoms with E-state index < -0.39 is 0 Å². The summed E-state index contributed by atoms with van der Waals surface area (Å²) in [5.74, 6) is -1.58. The Kier molecular flexibility index (Phi) is 12.2. The van der Waals surface area contributed by atoms with Crippen molar-refractivity contribution >= 4 is 23.9 Å². The molecule has 9 nitrogen and oxygen atoms in total. The average molecular weight is 471 g/mol. The summed E-state index contributed by atoms with van der Waals surface area (Å²) >= 11 is 0. The fourth-order valence-electron chi connectivity index (χ4n) is 4.62. The number of carbonyl (C=O) groups excluding carboxylic acids is 4. The lowest BCUT2D eigenvalue weighted by molar-refractivity contribution is -0.153. The summed E-state index contributed by atoms with van der Waals surface area (Å²) in [6, 6.07) is 0. The molecule has 2 aliphatic carbocycles. The fourth-order valence-corrected chi connectivity index (χ4v) is 4.62. The number of hydrogen-bond donors (Lipinski definition) is 0. The molecule has 0 aromatic rings. The summed E-state index contributed by atoms with van der Waals surface area (Å²) in [5, 5.41) is 0. The standard InChI is InChI=1S/C24H38O9/c1-29-21(25)17-5-3-7-19(11-9-17)23(27)32-15-13-31-14-16-33-24(28)20-8-4-6-18(10-12-20)22(26)30-2/h17-20H,3-16H2,1-2H3/t17-,18+,19+,20-. The van der Waals surface area contributed by atoms with E-state index in [-0.39, 0.29) is 74.0 Å². The molecule has 0 N–H and O–H groups in total. The van der Waals surface area contributed by atoms with Crippen LogP contribution < -0.4 is 0 Å². The first-order valence-electron chi connectivity index (χ1n) is 12.0. The first-order valence-corrected chi connectivity index (χ1v) is 12.0. The first-order chi connectivity index (χ1) is 16.0. The van der Waals surface area contributed by atoms with E-state index in [1.165, 1.54) is 14.2 Å². The summed E-state index contributed by atoms with van der Waals surface area (Å²) in [4.78, 5) is 47.9. The molecule has 0 heterocycles. The zero-order valence-electron chi connectivity index (χ0n) is 19.9. The van der Waals surface area contributed by atoms with Crippen molar-refractivity contribution in [3.8, 4) is 0 Å². The van der Waals surface area contributed by atoms with E-state index in [4.69, 9.17) is 23.7 Å². The number of hydrogen-bond acceptors (Lipinski definition) is 9. The minimum absolute atomic E-state index is 0.133. The Morgan fingerprint density at radius 2 is 0.848 bits per heavy atom. The maximum Gasteiger partial charge on any atom is 0.309 e. The van der Waals surface area contributed by atoms with Gasteiger partial charge in [-0.15, -0.1) is 0 Å². The Bertz CT molecular complexity index is 594. The van der Waals surface area contributed by atoms with Crippen LogP contribution >= 0.6 is 0 Å². The van der Waals surface area contributed by atoms with Crippen LogP contribution in [-0.2, 0) is 42.9 Å². The second-order valence-electron chi connectivity index (χ2n) is 8.80. The van der Waals surface area contributed by atoms with Gasteiger partial charge in [0.1, 0.15) is 13.2 Å². The van der Waals surface area contributed by atoms with Crippen LogP contribution in [0.1, 0.15) is 64.2 Å². The minimum atomic E-state index is -0.255. The second kappa shape index (κ2) is 14.9. The van der Waals surface area contributed by atoms with Crippen molar-refractivity contribution in [1.82, 2.24) is 0 Å². The fraction of sp³-hybridized carbons (Fsp3) is 0.833. The molecule has 9 heteroatoms. The van der Waals surface area contributed by atoms with Gasteiger partial charge in [0.2, 0.25) is 0 Å². The summed E-state index contributed by atoms with van der Waals surface area (Å²) in [7, 11) is 2.78. The first kappa shape index (κ1) is 27.1. The van der Waals surface area contributed by atoms with Crippen molar-refractivity contribution in [1.29, 1.82) is 0 Å². The van der Waals surface area contributed by atoms with Gasteiger partial charge in [0, 0.05) is 0 Å². The van der Waals surface area contributed by atoms with Crippen LogP contribution in [0.3, 0.4) is 0 Å². The van der Waals surface area contributed by atoms with E-state index in [0.29, 0.717) is 38.5 Å². The molecule has 4 atom stereocenters. The van der Waals surface area contributed by atoms with Crippen molar-refractivity contribution in [2.45, 2.75) is 64.2 Å². The molecule has 33 heavy (non-hydrogen) atoms. The number of esters is 4. The quantitative estimate of drug-likeness (QED) is 0.206.